The van der Waals surface area contributed by atoms with Gasteiger partial charge in [0.05, 0.1) is 47.8 Å². The van der Waals surface area contributed by atoms with Crippen LogP contribution in [0.5, 0.6) is 28.7 Å². The maximum absolute atomic E-state index is 12.8. The summed E-state index contributed by atoms with van der Waals surface area (Å²) in [5.41, 5.74) is 1.86. The van der Waals surface area contributed by atoms with Gasteiger partial charge in [-0.25, -0.2) is 14.4 Å². The minimum atomic E-state index is -1.04. The lowest BCUT2D eigenvalue weighted by Gasteiger charge is -2.43. The highest BCUT2D eigenvalue weighted by Crippen LogP contribution is 2.55. The lowest BCUT2D eigenvalue weighted by molar-refractivity contribution is -0.0572. The van der Waals surface area contributed by atoms with Crippen molar-refractivity contribution >= 4 is 18.5 Å². The summed E-state index contributed by atoms with van der Waals surface area (Å²) in [6.07, 6.45) is -3.80. The zero-order chi connectivity index (χ0) is 32.5. The van der Waals surface area contributed by atoms with Gasteiger partial charge in [0.15, 0.2) is 23.0 Å². The largest absolute Gasteiger partial charge is 0.508 e. The summed E-state index contributed by atoms with van der Waals surface area (Å²) in [6.45, 7) is 4.66. The number of hydrogen-bond donors (Lipinski definition) is 0. The first-order valence-corrected chi connectivity index (χ1v) is 14.5. The molecule has 0 spiro atoms. The van der Waals surface area contributed by atoms with Gasteiger partial charge in [0.25, 0.3) is 0 Å². The van der Waals surface area contributed by atoms with Gasteiger partial charge in [-0.15, -0.1) is 0 Å². The molecule has 14 nitrogen and oxygen atoms in total. The van der Waals surface area contributed by atoms with Gasteiger partial charge in [-0.05, 0) is 56.2 Å². The summed E-state index contributed by atoms with van der Waals surface area (Å²) >= 11 is 0. The van der Waals surface area contributed by atoms with Crippen LogP contribution in [0.15, 0.2) is 24.3 Å². The minimum absolute atomic E-state index is 0.0126. The zero-order valence-corrected chi connectivity index (χ0v) is 26.1. The van der Waals surface area contributed by atoms with Gasteiger partial charge in [0, 0.05) is 23.3 Å². The Morgan fingerprint density at radius 1 is 0.667 bits per heavy atom. The maximum Gasteiger partial charge on any atom is 0.508 e. The summed E-state index contributed by atoms with van der Waals surface area (Å²) < 4.78 is 60.3. The van der Waals surface area contributed by atoms with Crippen LogP contribution in [0.3, 0.4) is 0 Å². The fraction of sp³-hybridized carbons (Fsp3) is 0.516. The fourth-order valence-corrected chi connectivity index (χ4v) is 5.61. The fourth-order valence-electron chi connectivity index (χ4n) is 5.61. The number of hydrogen-bond acceptors (Lipinski definition) is 14. The Bertz CT molecular complexity index is 1330. The van der Waals surface area contributed by atoms with Crippen LogP contribution in [0.4, 0.5) is 14.4 Å². The molecule has 0 fully saturated rings. The topological polar surface area (TPSA) is 153 Å². The number of fused-ring (bicyclic) bond motifs is 2. The molecule has 1 heterocycles. The van der Waals surface area contributed by atoms with E-state index < -0.39 is 42.3 Å². The number of benzene rings is 2. The molecule has 0 radical (unpaired) electrons. The Morgan fingerprint density at radius 2 is 1.18 bits per heavy atom. The first kappa shape index (κ1) is 33.1. The number of rotatable bonds is 12. The molecule has 0 amide bonds. The smallest absolute Gasteiger partial charge is 0.493 e. The molecular formula is C31H38O14. The summed E-state index contributed by atoms with van der Waals surface area (Å²) in [4.78, 5) is 37.7. The Balaban J connectivity index is 1.96. The molecule has 0 saturated carbocycles. The lowest BCUT2D eigenvalue weighted by Crippen LogP contribution is -2.41. The summed E-state index contributed by atoms with van der Waals surface area (Å²) in [6, 6.07) is 7.04. The van der Waals surface area contributed by atoms with Crippen LogP contribution >= 0.6 is 0 Å². The first-order valence-electron chi connectivity index (χ1n) is 14.5. The van der Waals surface area contributed by atoms with Crippen LogP contribution in [0.1, 0.15) is 49.5 Å². The predicted octanol–water partition coefficient (Wildman–Crippen LogP) is 5.38. The van der Waals surface area contributed by atoms with Gasteiger partial charge in [-0.3, -0.25) is 0 Å². The van der Waals surface area contributed by atoms with Gasteiger partial charge in [-0.2, -0.15) is 0 Å². The van der Waals surface area contributed by atoms with Gasteiger partial charge >= 0.3 is 18.5 Å². The zero-order valence-electron chi connectivity index (χ0n) is 26.1. The molecule has 45 heavy (non-hydrogen) atoms. The van der Waals surface area contributed by atoms with Crippen LogP contribution in [0.2, 0.25) is 0 Å². The summed E-state index contributed by atoms with van der Waals surface area (Å²) in [7, 11) is 4.48. The first-order chi connectivity index (χ1) is 21.8. The molecule has 0 N–H and O–H groups in total. The number of carbonyl (C=O) groups excluding carboxylic acids is 3. The Hall–Kier alpha value is -4.75. The Morgan fingerprint density at radius 3 is 1.69 bits per heavy atom. The molecule has 246 valence electrons. The van der Waals surface area contributed by atoms with Crippen LogP contribution < -0.4 is 23.7 Å². The summed E-state index contributed by atoms with van der Waals surface area (Å²) in [5.74, 6) is -0.0736. The Labute approximate surface area is 260 Å². The SMILES string of the molecule is CCOC(=O)OC[C@@H]1[C@H](c2cc(OC)c(OC)c(OC)c2)c2cc3c(cc2[C@H](OC(=O)OCC)[C@H]1COC(=O)OCC)OCO3. The molecule has 2 aromatic carbocycles. The van der Waals surface area contributed by atoms with Gasteiger partial charge < -0.3 is 52.1 Å². The quantitative estimate of drug-likeness (QED) is 0.217. The maximum atomic E-state index is 12.8. The molecule has 0 bridgehead atoms. The molecular weight excluding hydrogens is 596 g/mol. The third kappa shape index (κ3) is 7.32. The van der Waals surface area contributed by atoms with Crippen molar-refractivity contribution < 1.29 is 66.5 Å². The van der Waals surface area contributed by atoms with Crippen molar-refractivity contribution in [3.63, 3.8) is 0 Å². The van der Waals surface area contributed by atoms with E-state index in [1.54, 1.807) is 45.0 Å². The van der Waals surface area contributed by atoms with Crippen molar-refractivity contribution in [3.05, 3.63) is 41.0 Å². The third-order valence-electron chi connectivity index (χ3n) is 7.43. The lowest BCUT2D eigenvalue weighted by atomic mass is 9.65. The molecule has 2 aromatic rings. The molecule has 0 aromatic heterocycles. The van der Waals surface area contributed by atoms with Gasteiger partial charge in [0.2, 0.25) is 12.5 Å². The highest BCUT2D eigenvalue weighted by atomic mass is 16.7. The van der Waals surface area contributed by atoms with E-state index in [4.69, 9.17) is 52.1 Å². The number of carbonyl (C=O) groups is 3. The third-order valence-corrected chi connectivity index (χ3v) is 7.43. The van der Waals surface area contributed by atoms with E-state index in [1.807, 2.05) is 0 Å². The van der Waals surface area contributed by atoms with Crippen LogP contribution in [-0.4, -0.2) is 79.6 Å². The molecule has 4 atom stereocenters. The van der Waals surface area contributed by atoms with Crippen molar-refractivity contribution in [2.45, 2.75) is 32.8 Å². The average molecular weight is 635 g/mol. The van der Waals surface area contributed by atoms with E-state index in [2.05, 4.69) is 0 Å². The molecule has 2 aliphatic rings. The number of ether oxygens (including phenoxy) is 11. The second-order valence-corrected chi connectivity index (χ2v) is 9.81. The van der Waals surface area contributed by atoms with Crippen LogP contribution in [-0.2, 0) is 28.4 Å². The predicted molar refractivity (Wildman–Crippen MR) is 154 cm³/mol. The van der Waals surface area contributed by atoms with Crippen molar-refractivity contribution in [2.24, 2.45) is 11.8 Å². The highest BCUT2D eigenvalue weighted by Gasteiger charge is 2.48. The standard InChI is InChI=1S/C31H38O14/c1-7-38-29(32)41-14-20-21(15-42-30(33)39-8-2)27(45-31(34)40-9-3)19-13-23-22(43-16-44-23)12-18(19)26(20)17-10-24(35-4)28(37-6)25(11-17)36-5/h10-13,20-21,26-27H,7-9,14-16H2,1-6H3/t20-,21-,26+,27-/m0/s1. The molecule has 0 unspecified atom stereocenters. The van der Waals surface area contributed by atoms with Gasteiger partial charge in [0.1, 0.15) is 12.7 Å². The minimum Gasteiger partial charge on any atom is -0.493 e. The molecule has 1 aliphatic heterocycles. The van der Waals surface area contributed by atoms with E-state index in [1.165, 1.54) is 21.3 Å². The highest BCUT2D eigenvalue weighted by molar-refractivity contribution is 5.64. The summed E-state index contributed by atoms with van der Waals surface area (Å²) in [5, 5.41) is 0. The van der Waals surface area contributed by atoms with Crippen molar-refractivity contribution in [3.8, 4) is 28.7 Å². The second kappa shape index (κ2) is 15.3. The van der Waals surface area contributed by atoms with Crippen molar-refractivity contribution in [2.75, 3.05) is 61.2 Å². The second-order valence-electron chi connectivity index (χ2n) is 9.81. The van der Waals surface area contributed by atoms with Crippen molar-refractivity contribution in [1.29, 1.82) is 0 Å². The van der Waals surface area contributed by atoms with E-state index >= 15 is 0 Å². The van der Waals surface area contributed by atoms with Crippen LogP contribution in [0.25, 0.3) is 0 Å². The molecule has 0 saturated heterocycles. The van der Waals surface area contributed by atoms with Gasteiger partial charge in [-0.1, -0.05) is 0 Å². The molecule has 14 heteroatoms. The normalized spacial score (nSPS) is 19.4. The van der Waals surface area contributed by atoms with E-state index in [0.717, 1.165) is 0 Å². The number of methoxy groups -OCH3 is 3. The van der Waals surface area contributed by atoms with E-state index in [9.17, 15) is 14.4 Å². The van der Waals surface area contributed by atoms with Crippen LogP contribution in [0, 0.1) is 11.8 Å². The molecule has 4 rings (SSSR count). The van der Waals surface area contributed by atoms with Crippen molar-refractivity contribution in [1.82, 2.24) is 0 Å². The van der Waals surface area contributed by atoms with E-state index in [0.29, 0.717) is 45.4 Å². The van der Waals surface area contributed by atoms with E-state index in [-0.39, 0.29) is 39.8 Å². The molecule has 1 aliphatic carbocycles. The average Bonchev–Trinajstić information content (AvgIpc) is 3.49. The monoisotopic (exact) mass is 634 g/mol. The Kier molecular flexibility index (Phi) is 11.3.